The van der Waals surface area contributed by atoms with Crippen molar-refractivity contribution in [2.24, 2.45) is 0 Å². The quantitative estimate of drug-likeness (QED) is 0.475. The highest BCUT2D eigenvalue weighted by atomic mass is 19.4. The van der Waals surface area contributed by atoms with Gasteiger partial charge in [0.2, 0.25) is 0 Å². The molecule has 2 aromatic rings. The lowest BCUT2D eigenvalue weighted by Gasteiger charge is -2.12. The van der Waals surface area contributed by atoms with E-state index in [0.29, 0.717) is 6.08 Å². The molecule has 0 spiro atoms. The van der Waals surface area contributed by atoms with Crippen LogP contribution in [0.15, 0.2) is 60.7 Å². The Labute approximate surface area is 141 Å². The number of alkyl halides is 3. The van der Waals surface area contributed by atoms with E-state index in [1.54, 1.807) is 6.07 Å². The van der Waals surface area contributed by atoms with Gasteiger partial charge >= 0.3 is 18.1 Å². The second-order valence-electron chi connectivity index (χ2n) is 4.86. The monoisotopic (exact) mass is 350 g/mol. The number of methoxy groups -OCH3 is 1. The molecule has 0 aliphatic heterocycles. The first kappa shape index (κ1) is 18.3. The number of allylic oxidation sites excluding steroid dienone is 1. The van der Waals surface area contributed by atoms with E-state index in [0.717, 1.165) is 0 Å². The van der Waals surface area contributed by atoms with E-state index in [2.05, 4.69) is 4.74 Å². The van der Waals surface area contributed by atoms with Crippen LogP contribution in [-0.2, 0) is 9.53 Å². The molecule has 130 valence electrons. The van der Waals surface area contributed by atoms with Gasteiger partial charge in [-0.2, -0.15) is 13.2 Å². The van der Waals surface area contributed by atoms with Gasteiger partial charge in [-0.15, -0.1) is 0 Å². The molecule has 0 heterocycles. The van der Waals surface area contributed by atoms with Crippen molar-refractivity contribution in [3.63, 3.8) is 0 Å². The number of hydrogen-bond acceptors (Lipinski definition) is 4. The molecule has 0 saturated heterocycles. The second kappa shape index (κ2) is 7.65. The Kier molecular flexibility index (Phi) is 5.59. The van der Waals surface area contributed by atoms with Crippen molar-refractivity contribution >= 4 is 17.5 Å². The highest BCUT2D eigenvalue weighted by molar-refractivity contribution is 5.94. The van der Waals surface area contributed by atoms with Crippen molar-refractivity contribution in [1.82, 2.24) is 0 Å². The summed E-state index contributed by atoms with van der Waals surface area (Å²) in [6.07, 6.45) is -4.32. The summed E-state index contributed by atoms with van der Waals surface area (Å²) in [6.45, 7) is 0. The van der Waals surface area contributed by atoms with E-state index in [4.69, 9.17) is 4.74 Å². The van der Waals surface area contributed by atoms with Crippen LogP contribution >= 0.6 is 0 Å². The van der Waals surface area contributed by atoms with Crippen LogP contribution in [0.25, 0.3) is 5.57 Å². The van der Waals surface area contributed by atoms with Gasteiger partial charge in [-0.3, -0.25) is 0 Å². The molecule has 0 aromatic heterocycles. The van der Waals surface area contributed by atoms with Crippen LogP contribution in [0.5, 0.6) is 5.75 Å². The highest BCUT2D eigenvalue weighted by Gasteiger charge is 2.35. The highest BCUT2D eigenvalue weighted by Crippen LogP contribution is 2.33. The van der Waals surface area contributed by atoms with Crippen LogP contribution in [0.4, 0.5) is 13.2 Å². The van der Waals surface area contributed by atoms with Gasteiger partial charge in [0, 0.05) is 6.08 Å². The van der Waals surface area contributed by atoms with Crippen LogP contribution in [0.1, 0.15) is 15.9 Å². The summed E-state index contributed by atoms with van der Waals surface area (Å²) in [4.78, 5) is 23.1. The normalized spacial score (nSPS) is 11.8. The molecule has 25 heavy (non-hydrogen) atoms. The maximum absolute atomic E-state index is 13.2. The largest absolute Gasteiger partial charge is 0.465 e. The fraction of sp³-hybridized carbons (Fsp3) is 0.111. The number of ether oxygens (including phenoxy) is 2. The van der Waals surface area contributed by atoms with Crippen molar-refractivity contribution in [2.45, 2.75) is 6.18 Å². The Balaban J connectivity index is 2.21. The van der Waals surface area contributed by atoms with Gasteiger partial charge in [-0.1, -0.05) is 30.3 Å². The third-order valence-corrected chi connectivity index (χ3v) is 3.15. The van der Waals surface area contributed by atoms with Crippen molar-refractivity contribution in [1.29, 1.82) is 0 Å². The van der Waals surface area contributed by atoms with Gasteiger partial charge in [-0.25, -0.2) is 9.59 Å². The van der Waals surface area contributed by atoms with Crippen molar-refractivity contribution in [3.8, 4) is 5.75 Å². The van der Waals surface area contributed by atoms with Crippen LogP contribution in [0.3, 0.4) is 0 Å². The molecule has 0 aliphatic carbocycles. The second-order valence-corrected chi connectivity index (χ2v) is 4.86. The molecule has 0 N–H and O–H groups in total. The Morgan fingerprint density at radius 2 is 1.52 bits per heavy atom. The molecule has 0 unspecified atom stereocenters. The molecule has 0 radical (unpaired) electrons. The Hall–Kier alpha value is -3.09. The lowest BCUT2D eigenvalue weighted by molar-refractivity contribution is -0.129. The summed E-state index contributed by atoms with van der Waals surface area (Å²) in [5.74, 6) is -1.76. The van der Waals surface area contributed by atoms with Crippen LogP contribution in [0.2, 0.25) is 0 Å². The number of carbonyl (C=O) groups excluding carboxylic acids is 2. The predicted octanol–water partition coefficient (Wildman–Crippen LogP) is 4.02. The number of rotatable bonds is 4. The van der Waals surface area contributed by atoms with E-state index in [-0.39, 0.29) is 16.9 Å². The SMILES string of the molecule is COC(=O)c1ccc(OC(=O)/C=C(/c2ccccc2)C(F)(F)F)cc1. The standard InChI is InChI=1S/C18H13F3O4/c1-24-17(23)13-7-9-14(10-8-13)25-16(22)11-15(18(19,20)21)12-5-3-2-4-6-12/h2-11H,1H3/b15-11-. The van der Waals surface area contributed by atoms with E-state index in [9.17, 15) is 22.8 Å². The van der Waals surface area contributed by atoms with Crippen molar-refractivity contribution < 1.29 is 32.2 Å². The molecule has 7 heteroatoms. The molecule has 0 aliphatic rings. The third kappa shape index (κ3) is 4.94. The minimum Gasteiger partial charge on any atom is -0.465 e. The van der Waals surface area contributed by atoms with Gasteiger partial charge in [0.15, 0.2) is 0 Å². The van der Waals surface area contributed by atoms with Crippen LogP contribution in [0, 0.1) is 0 Å². The van der Waals surface area contributed by atoms with Gasteiger partial charge in [0.25, 0.3) is 0 Å². The number of benzene rings is 2. The summed E-state index contributed by atoms with van der Waals surface area (Å²) in [6, 6.07) is 12.2. The van der Waals surface area contributed by atoms with Crippen molar-refractivity contribution in [3.05, 3.63) is 71.8 Å². The number of halogens is 3. The lowest BCUT2D eigenvalue weighted by Crippen LogP contribution is -2.14. The van der Waals surface area contributed by atoms with Crippen molar-refractivity contribution in [2.75, 3.05) is 7.11 Å². The van der Waals surface area contributed by atoms with Gasteiger partial charge in [-0.05, 0) is 29.8 Å². The van der Waals surface area contributed by atoms with E-state index in [1.807, 2.05) is 0 Å². The Bertz CT molecular complexity index is 778. The van der Waals surface area contributed by atoms with Gasteiger partial charge in [0.05, 0.1) is 18.2 Å². The zero-order valence-electron chi connectivity index (χ0n) is 13.0. The average Bonchev–Trinajstić information content (AvgIpc) is 2.59. The third-order valence-electron chi connectivity index (χ3n) is 3.15. The van der Waals surface area contributed by atoms with Gasteiger partial charge < -0.3 is 9.47 Å². The maximum Gasteiger partial charge on any atom is 0.417 e. The predicted molar refractivity (Wildman–Crippen MR) is 83.9 cm³/mol. The minimum absolute atomic E-state index is 0.00323. The molecular formula is C18H13F3O4. The minimum atomic E-state index is -4.71. The molecule has 0 atom stereocenters. The molecular weight excluding hydrogens is 337 g/mol. The Morgan fingerprint density at radius 1 is 0.920 bits per heavy atom. The zero-order chi connectivity index (χ0) is 18.4. The number of carbonyl (C=O) groups is 2. The van der Waals surface area contributed by atoms with E-state index < -0.39 is 23.7 Å². The molecule has 2 aromatic carbocycles. The lowest BCUT2D eigenvalue weighted by atomic mass is 10.1. The van der Waals surface area contributed by atoms with E-state index >= 15 is 0 Å². The molecule has 0 bridgehead atoms. The smallest absolute Gasteiger partial charge is 0.417 e. The molecule has 2 rings (SSSR count). The number of hydrogen-bond donors (Lipinski definition) is 0. The summed E-state index contributed by atoms with van der Waals surface area (Å²) in [5, 5.41) is 0. The molecule has 0 amide bonds. The van der Waals surface area contributed by atoms with Gasteiger partial charge in [0.1, 0.15) is 5.75 Å². The van der Waals surface area contributed by atoms with Crippen LogP contribution < -0.4 is 4.74 Å². The zero-order valence-corrected chi connectivity index (χ0v) is 13.0. The summed E-state index contributed by atoms with van der Waals surface area (Å²) < 4.78 is 48.9. The number of esters is 2. The van der Waals surface area contributed by atoms with E-state index in [1.165, 1.54) is 55.6 Å². The first-order chi connectivity index (χ1) is 11.8. The van der Waals surface area contributed by atoms with Crippen LogP contribution in [-0.4, -0.2) is 25.2 Å². The summed E-state index contributed by atoms with van der Waals surface area (Å²) in [5.41, 5.74) is -1.03. The fourth-order valence-electron chi connectivity index (χ4n) is 1.99. The fourth-order valence-corrected chi connectivity index (χ4v) is 1.99. The average molecular weight is 350 g/mol. The Morgan fingerprint density at radius 3 is 2.04 bits per heavy atom. The summed E-state index contributed by atoms with van der Waals surface area (Å²) >= 11 is 0. The maximum atomic E-state index is 13.2. The molecule has 4 nitrogen and oxygen atoms in total. The first-order valence-corrected chi connectivity index (χ1v) is 7.06. The topological polar surface area (TPSA) is 52.6 Å². The first-order valence-electron chi connectivity index (χ1n) is 7.06. The molecule has 0 saturated carbocycles. The molecule has 0 fully saturated rings. The summed E-state index contributed by atoms with van der Waals surface area (Å²) in [7, 11) is 1.21.